The number of nitrogens with zero attached hydrogens (tertiary/aromatic N) is 1. The normalized spacial score (nSPS) is 11.0. The number of halogens is 2. The van der Waals surface area contributed by atoms with E-state index < -0.39 is 17.5 Å². The van der Waals surface area contributed by atoms with Crippen molar-refractivity contribution in [2.45, 2.75) is 33.1 Å². The Bertz CT molecular complexity index is 1090. The van der Waals surface area contributed by atoms with E-state index in [1.54, 1.807) is 6.92 Å². The van der Waals surface area contributed by atoms with Crippen LogP contribution >= 0.6 is 0 Å². The zero-order chi connectivity index (χ0) is 21.8. The molecule has 0 spiro atoms. The van der Waals surface area contributed by atoms with Gasteiger partial charge in [0.05, 0.1) is 19.0 Å². The second-order valence-electron chi connectivity index (χ2n) is 7.10. The van der Waals surface area contributed by atoms with E-state index in [9.17, 15) is 18.4 Å². The van der Waals surface area contributed by atoms with E-state index in [-0.39, 0.29) is 23.6 Å². The molecule has 3 rings (SSSR count). The van der Waals surface area contributed by atoms with Crippen molar-refractivity contribution in [2.75, 3.05) is 13.7 Å². The van der Waals surface area contributed by atoms with Gasteiger partial charge in [-0.05, 0) is 49.2 Å². The van der Waals surface area contributed by atoms with Crippen LogP contribution in [0, 0.1) is 18.6 Å². The lowest BCUT2D eigenvalue weighted by Crippen LogP contribution is -2.26. The van der Waals surface area contributed by atoms with Crippen molar-refractivity contribution in [3.63, 3.8) is 0 Å². The van der Waals surface area contributed by atoms with Crippen LogP contribution in [0.25, 0.3) is 10.9 Å². The summed E-state index contributed by atoms with van der Waals surface area (Å²) in [4.78, 5) is 25.6. The van der Waals surface area contributed by atoms with Gasteiger partial charge in [-0.2, -0.15) is 0 Å². The molecule has 0 unspecified atom stereocenters. The molecule has 0 radical (unpaired) electrons. The van der Waals surface area contributed by atoms with Crippen molar-refractivity contribution in [3.8, 4) is 5.75 Å². The number of hydrogen-bond acceptors (Lipinski definition) is 3. The number of benzene rings is 2. The summed E-state index contributed by atoms with van der Waals surface area (Å²) in [7, 11) is 1.36. The van der Waals surface area contributed by atoms with Crippen LogP contribution in [-0.4, -0.2) is 30.0 Å². The number of unbranched alkanes of at least 4 members (excludes halogenated alkanes) is 1. The largest absolute Gasteiger partial charge is 0.494 e. The van der Waals surface area contributed by atoms with Gasteiger partial charge in [0.25, 0.3) is 5.91 Å². The zero-order valence-corrected chi connectivity index (χ0v) is 17.2. The van der Waals surface area contributed by atoms with Gasteiger partial charge in [-0.25, -0.2) is 8.78 Å². The number of methoxy groups -OCH3 is 1. The third-order valence-corrected chi connectivity index (χ3v) is 5.09. The SMILES string of the molecule is CCCCNC(=O)Cc1c(C)n(C(=O)c2ccc(F)cc2)c2cc(F)c(OC)cc12. The molecule has 0 aliphatic carbocycles. The Morgan fingerprint density at radius 2 is 1.83 bits per heavy atom. The van der Waals surface area contributed by atoms with Gasteiger partial charge in [0.15, 0.2) is 11.6 Å². The fraction of sp³-hybridized carbons (Fsp3) is 0.304. The molecular weight excluding hydrogens is 390 g/mol. The number of ether oxygens (including phenoxy) is 1. The Kier molecular flexibility index (Phi) is 6.50. The lowest BCUT2D eigenvalue weighted by atomic mass is 10.1. The van der Waals surface area contributed by atoms with Gasteiger partial charge in [-0.1, -0.05) is 13.3 Å². The monoisotopic (exact) mass is 414 g/mol. The van der Waals surface area contributed by atoms with Crippen LogP contribution < -0.4 is 10.1 Å². The Hall–Kier alpha value is -3.22. The summed E-state index contributed by atoms with van der Waals surface area (Å²) >= 11 is 0. The Balaban J connectivity index is 2.11. The van der Waals surface area contributed by atoms with Gasteiger partial charge >= 0.3 is 0 Å². The number of rotatable bonds is 7. The number of aromatic nitrogens is 1. The topological polar surface area (TPSA) is 60.3 Å². The fourth-order valence-electron chi connectivity index (χ4n) is 3.47. The first kappa shape index (κ1) is 21.5. The highest BCUT2D eigenvalue weighted by molar-refractivity contribution is 6.05. The average molecular weight is 414 g/mol. The first-order valence-electron chi connectivity index (χ1n) is 9.81. The van der Waals surface area contributed by atoms with E-state index in [2.05, 4.69) is 5.32 Å². The van der Waals surface area contributed by atoms with E-state index >= 15 is 0 Å². The van der Waals surface area contributed by atoms with E-state index in [0.717, 1.165) is 12.8 Å². The molecule has 0 saturated heterocycles. The molecule has 7 heteroatoms. The number of carbonyl (C=O) groups excluding carboxylic acids is 2. The number of amides is 1. The van der Waals surface area contributed by atoms with Crippen LogP contribution in [0.3, 0.4) is 0 Å². The van der Waals surface area contributed by atoms with Crippen LogP contribution in [0.2, 0.25) is 0 Å². The molecule has 158 valence electrons. The lowest BCUT2D eigenvalue weighted by Gasteiger charge is -2.08. The Labute approximate surface area is 173 Å². The number of carbonyl (C=O) groups is 2. The van der Waals surface area contributed by atoms with Crippen molar-refractivity contribution in [1.82, 2.24) is 9.88 Å². The molecule has 2 aromatic carbocycles. The minimum Gasteiger partial charge on any atom is -0.494 e. The predicted molar refractivity (Wildman–Crippen MR) is 111 cm³/mol. The number of fused-ring (bicyclic) bond motifs is 1. The maximum Gasteiger partial charge on any atom is 0.262 e. The number of hydrogen-bond donors (Lipinski definition) is 1. The molecule has 0 aliphatic heterocycles. The van der Waals surface area contributed by atoms with Crippen molar-refractivity contribution >= 4 is 22.7 Å². The van der Waals surface area contributed by atoms with E-state index in [0.29, 0.717) is 28.7 Å². The maximum atomic E-state index is 14.4. The molecule has 3 aromatic rings. The van der Waals surface area contributed by atoms with Gasteiger partial charge in [0, 0.05) is 29.3 Å². The molecular formula is C23H24F2N2O3. The smallest absolute Gasteiger partial charge is 0.262 e. The molecule has 1 heterocycles. The molecule has 0 atom stereocenters. The van der Waals surface area contributed by atoms with Crippen LogP contribution in [-0.2, 0) is 11.2 Å². The lowest BCUT2D eigenvalue weighted by molar-refractivity contribution is -0.120. The first-order chi connectivity index (χ1) is 14.4. The Morgan fingerprint density at radius 1 is 1.13 bits per heavy atom. The molecule has 5 nitrogen and oxygen atoms in total. The molecule has 30 heavy (non-hydrogen) atoms. The zero-order valence-electron chi connectivity index (χ0n) is 17.2. The summed E-state index contributed by atoms with van der Waals surface area (Å²) in [5, 5.41) is 3.42. The van der Waals surface area contributed by atoms with Gasteiger partial charge in [0.1, 0.15) is 5.82 Å². The van der Waals surface area contributed by atoms with Crippen molar-refractivity contribution < 1.29 is 23.1 Å². The van der Waals surface area contributed by atoms with Gasteiger partial charge in [-0.3, -0.25) is 14.2 Å². The minimum atomic E-state index is -0.616. The molecule has 1 N–H and O–H groups in total. The quantitative estimate of drug-likeness (QED) is 0.584. The molecule has 1 aromatic heterocycles. The summed E-state index contributed by atoms with van der Waals surface area (Å²) < 4.78 is 34.2. The summed E-state index contributed by atoms with van der Waals surface area (Å²) in [6.07, 6.45) is 1.88. The van der Waals surface area contributed by atoms with Crippen molar-refractivity contribution in [2.24, 2.45) is 0 Å². The van der Waals surface area contributed by atoms with Crippen LogP contribution in [0.1, 0.15) is 41.4 Å². The highest BCUT2D eigenvalue weighted by atomic mass is 19.1. The average Bonchev–Trinajstić information content (AvgIpc) is 2.98. The number of nitrogens with one attached hydrogen (secondary N) is 1. The highest BCUT2D eigenvalue weighted by Gasteiger charge is 2.23. The van der Waals surface area contributed by atoms with Crippen molar-refractivity contribution in [1.29, 1.82) is 0 Å². The van der Waals surface area contributed by atoms with Crippen LogP contribution in [0.5, 0.6) is 5.75 Å². The summed E-state index contributed by atoms with van der Waals surface area (Å²) in [5.41, 5.74) is 1.73. The summed E-state index contributed by atoms with van der Waals surface area (Å²) in [5.74, 6) is -1.65. The first-order valence-corrected chi connectivity index (χ1v) is 9.81. The van der Waals surface area contributed by atoms with Gasteiger partial charge in [0.2, 0.25) is 5.91 Å². The molecule has 0 aliphatic rings. The third-order valence-electron chi connectivity index (χ3n) is 5.09. The maximum absolute atomic E-state index is 14.4. The molecule has 1 amide bonds. The second kappa shape index (κ2) is 9.07. The summed E-state index contributed by atoms with van der Waals surface area (Å²) in [6, 6.07) is 7.86. The van der Waals surface area contributed by atoms with Crippen molar-refractivity contribution in [3.05, 3.63) is 64.9 Å². The molecule has 0 bridgehead atoms. The van der Waals surface area contributed by atoms with E-state index in [1.807, 2.05) is 6.92 Å². The van der Waals surface area contributed by atoms with Crippen LogP contribution in [0.15, 0.2) is 36.4 Å². The standard InChI is InChI=1S/C23H24F2N2O3/c1-4-5-10-26-22(28)12-17-14(2)27(23(29)15-6-8-16(24)9-7-15)20-13-19(25)21(30-3)11-18(17)20/h6-9,11,13H,4-5,10,12H2,1-3H3,(H,26,28). The fourth-order valence-corrected chi connectivity index (χ4v) is 3.47. The summed E-state index contributed by atoms with van der Waals surface area (Å²) in [6.45, 7) is 4.31. The van der Waals surface area contributed by atoms with E-state index in [1.165, 1.54) is 48.1 Å². The van der Waals surface area contributed by atoms with Gasteiger partial charge < -0.3 is 10.1 Å². The Morgan fingerprint density at radius 3 is 2.47 bits per heavy atom. The second-order valence-corrected chi connectivity index (χ2v) is 7.10. The van der Waals surface area contributed by atoms with Crippen LogP contribution in [0.4, 0.5) is 8.78 Å². The highest BCUT2D eigenvalue weighted by Crippen LogP contribution is 2.32. The minimum absolute atomic E-state index is 0.0292. The third kappa shape index (κ3) is 4.20. The van der Waals surface area contributed by atoms with Gasteiger partial charge in [-0.15, -0.1) is 0 Å². The predicted octanol–water partition coefficient (Wildman–Crippen LogP) is 4.38. The van der Waals surface area contributed by atoms with E-state index in [4.69, 9.17) is 4.74 Å². The molecule has 0 saturated carbocycles. The molecule has 0 fully saturated rings.